The number of carbonyl (C=O) groups is 1. The number of urea groups is 1. The van der Waals surface area contributed by atoms with Gasteiger partial charge in [-0.3, -0.25) is 4.90 Å². The fourth-order valence-corrected chi connectivity index (χ4v) is 4.63. The Hall–Kier alpha value is -3.30. The Bertz CT molecular complexity index is 1110. The third-order valence-electron chi connectivity index (χ3n) is 6.56. The zero-order chi connectivity index (χ0) is 23.3. The van der Waals surface area contributed by atoms with Crippen molar-refractivity contribution < 1.29 is 4.79 Å². The van der Waals surface area contributed by atoms with Gasteiger partial charge in [-0.25, -0.2) is 24.8 Å². The summed E-state index contributed by atoms with van der Waals surface area (Å²) in [5, 5.41) is 11.7. The maximum atomic E-state index is 12.8. The molecule has 34 heavy (non-hydrogen) atoms. The number of nitrogens with zero attached hydrogens (tertiary/aromatic N) is 6. The standard InChI is InChI=1S/C25H32N8O/c1-31(25(34)28-20-8-4-2-5-9-20)22-13-12-19-18-27-24(30-23(19)29-22)33(21-10-6-3-7-11-21)32-16-14-26-15-17-32/h3,6-7,10-13,18,20,26H,2,4-5,8-9,14-17H2,1H3,(H,28,34). The van der Waals surface area contributed by atoms with Gasteiger partial charge in [0.2, 0.25) is 5.95 Å². The van der Waals surface area contributed by atoms with E-state index in [9.17, 15) is 4.79 Å². The molecule has 178 valence electrons. The molecule has 2 fully saturated rings. The molecular weight excluding hydrogens is 428 g/mol. The molecule has 5 rings (SSSR count). The summed E-state index contributed by atoms with van der Waals surface area (Å²) in [4.78, 5) is 28.6. The number of aromatic nitrogens is 3. The quantitative estimate of drug-likeness (QED) is 0.603. The summed E-state index contributed by atoms with van der Waals surface area (Å²) in [6, 6.07) is 14.0. The van der Waals surface area contributed by atoms with Gasteiger partial charge in [-0.1, -0.05) is 37.5 Å². The molecule has 9 nitrogen and oxygen atoms in total. The van der Waals surface area contributed by atoms with Gasteiger partial charge < -0.3 is 10.6 Å². The van der Waals surface area contributed by atoms with Gasteiger partial charge in [-0.05, 0) is 37.1 Å². The van der Waals surface area contributed by atoms with Gasteiger partial charge in [0.1, 0.15) is 5.82 Å². The second-order valence-electron chi connectivity index (χ2n) is 8.95. The van der Waals surface area contributed by atoms with Crippen molar-refractivity contribution in [2.45, 2.75) is 38.1 Å². The molecule has 1 aromatic carbocycles. The Labute approximate surface area is 200 Å². The van der Waals surface area contributed by atoms with E-state index >= 15 is 0 Å². The summed E-state index contributed by atoms with van der Waals surface area (Å²) < 4.78 is 0. The van der Waals surface area contributed by atoms with Crippen LogP contribution in [0.5, 0.6) is 0 Å². The average Bonchev–Trinajstić information content (AvgIpc) is 2.90. The van der Waals surface area contributed by atoms with E-state index in [1.165, 1.54) is 19.3 Å². The van der Waals surface area contributed by atoms with Crippen LogP contribution in [0.4, 0.5) is 22.2 Å². The molecule has 0 spiro atoms. The van der Waals surface area contributed by atoms with Crippen LogP contribution in [-0.4, -0.2) is 65.3 Å². The summed E-state index contributed by atoms with van der Waals surface area (Å²) >= 11 is 0. The van der Waals surface area contributed by atoms with Gasteiger partial charge in [0.15, 0.2) is 5.65 Å². The SMILES string of the molecule is CN(C(=O)NC1CCCCC1)c1ccc2cnc(N(c3ccccc3)N3CCNCC3)nc2n1. The van der Waals surface area contributed by atoms with E-state index in [0.29, 0.717) is 17.4 Å². The van der Waals surface area contributed by atoms with E-state index < -0.39 is 0 Å². The normalized spacial score (nSPS) is 17.4. The molecule has 1 saturated heterocycles. The summed E-state index contributed by atoms with van der Waals surface area (Å²) in [6.45, 7) is 3.52. The number of hydrazine groups is 1. The van der Waals surface area contributed by atoms with Crippen LogP contribution in [0.3, 0.4) is 0 Å². The number of piperazine rings is 1. The summed E-state index contributed by atoms with van der Waals surface area (Å²) in [7, 11) is 1.76. The van der Waals surface area contributed by atoms with Gasteiger partial charge in [-0.15, -0.1) is 0 Å². The maximum absolute atomic E-state index is 12.8. The highest BCUT2D eigenvalue weighted by atomic mass is 16.2. The van der Waals surface area contributed by atoms with Crippen LogP contribution in [0, 0.1) is 0 Å². The molecule has 3 heterocycles. The first kappa shape index (κ1) is 22.5. The molecule has 3 aromatic rings. The first-order chi connectivity index (χ1) is 16.7. The van der Waals surface area contributed by atoms with Crippen LogP contribution >= 0.6 is 0 Å². The van der Waals surface area contributed by atoms with Crippen molar-refractivity contribution in [2.24, 2.45) is 0 Å². The van der Waals surface area contributed by atoms with Crippen LogP contribution in [0.2, 0.25) is 0 Å². The lowest BCUT2D eigenvalue weighted by atomic mass is 9.96. The minimum absolute atomic E-state index is 0.125. The van der Waals surface area contributed by atoms with Crippen molar-refractivity contribution >= 4 is 34.5 Å². The van der Waals surface area contributed by atoms with Crippen LogP contribution in [-0.2, 0) is 0 Å². The van der Waals surface area contributed by atoms with Gasteiger partial charge >= 0.3 is 6.03 Å². The largest absolute Gasteiger partial charge is 0.335 e. The lowest BCUT2D eigenvalue weighted by molar-refractivity contribution is 0.239. The van der Waals surface area contributed by atoms with E-state index in [4.69, 9.17) is 9.97 Å². The number of nitrogens with one attached hydrogen (secondary N) is 2. The van der Waals surface area contributed by atoms with Crippen molar-refractivity contribution in [3.05, 3.63) is 48.7 Å². The molecule has 2 N–H and O–H groups in total. The summed E-state index contributed by atoms with van der Waals surface area (Å²) in [5.41, 5.74) is 1.57. The number of benzene rings is 1. The second kappa shape index (κ2) is 10.3. The summed E-state index contributed by atoms with van der Waals surface area (Å²) in [6.07, 6.45) is 7.49. The Morgan fingerprint density at radius 3 is 2.56 bits per heavy atom. The van der Waals surface area contributed by atoms with E-state index in [2.05, 4.69) is 37.8 Å². The number of anilines is 3. The van der Waals surface area contributed by atoms with Gasteiger partial charge in [0.05, 0.1) is 5.69 Å². The minimum Gasteiger partial charge on any atom is -0.335 e. The van der Waals surface area contributed by atoms with E-state index in [0.717, 1.165) is 50.1 Å². The van der Waals surface area contributed by atoms with Crippen molar-refractivity contribution in [3.8, 4) is 0 Å². The zero-order valence-electron chi connectivity index (χ0n) is 19.7. The first-order valence-electron chi connectivity index (χ1n) is 12.2. The Morgan fingerprint density at radius 1 is 1.03 bits per heavy atom. The van der Waals surface area contributed by atoms with E-state index in [1.54, 1.807) is 18.1 Å². The van der Waals surface area contributed by atoms with Crippen molar-refractivity contribution in [1.29, 1.82) is 0 Å². The molecule has 1 aliphatic carbocycles. The maximum Gasteiger partial charge on any atom is 0.323 e. The lowest BCUT2D eigenvalue weighted by Crippen LogP contribution is -2.51. The Morgan fingerprint density at radius 2 is 1.79 bits per heavy atom. The number of para-hydroxylation sites is 1. The van der Waals surface area contributed by atoms with E-state index in [1.807, 2.05) is 30.3 Å². The van der Waals surface area contributed by atoms with Crippen LogP contribution < -0.4 is 20.5 Å². The smallest absolute Gasteiger partial charge is 0.323 e. The molecule has 1 aliphatic heterocycles. The van der Waals surface area contributed by atoms with Crippen molar-refractivity contribution in [1.82, 2.24) is 30.6 Å². The molecule has 0 atom stereocenters. The van der Waals surface area contributed by atoms with Crippen molar-refractivity contribution in [2.75, 3.05) is 43.1 Å². The molecular formula is C25H32N8O. The number of pyridine rings is 1. The second-order valence-corrected chi connectivity index (χ2v) is 8.95. The van der Waals surface area contributed by atoms with Crippen LogP contribution in [0.15, 0.2) is 48.7 Å². The average molecular weight is 461 g/mol. The molecule has 1 saturated carbocycles. The molecule has 0 radical (unpaired) electrons. The van der Waals surface area contributed by atoms with Crippen LogP contribution in [0.1, 0.15) is 32.1 Å². The number of hydrogen-bond donors (Lipinski definition) is 2. The fourth-order valence-electron chi connectivity index (χ4n) is 4.63. The van der Waals surface area contributed by atoms with Crippen molar-refractivity contribution in [3.63, 3.8) is 0 Å². The third-order valence-corrected chi connectivity index (χ3v) is 6.56. The molecule has 0 bridgehead atoms. The number of amides is 2. The highest BCUT2D eigenvalue weighted by Crippen LogP contribution is 2.26. The Balaban J connectivity index is 1.42. The number of fused-ring (bicyclic) bond motifs is 1. The lowest BCUT2D eigenvalue weighted by Gasteiger charge is -2.37. The minimum atomic E-state index is -0.125. The number of hydrogen-bond acceptors (Lipinski definition) is 7. The third kappa shape index (κ3) is 4.95. The Kier molecular flexibility index (Phi) is 6.82. The van der Waals surface area contributed by atoms with Gasteiger partial charge in [0, 0.05) is 50.9 Å². The predicted octanol–water partition coefficient (Wildman–Crippen LogP) is 3.46. The van der Waals surface area contributed by atoms with Crippen LogP contribution in [0.25, 0.3) is 11.0 Å². The molecule has 2 aromatic heterocycles. The summed E-state index contributed by atoms with van der Waals surface area (Å²) in [5.74, 6) is 1.14. The van der Waals surface area contributed by atoms with Gasteiger partial charge in [-0.2, -0.15) is 4.98 Å². The zero-order valence-corrected chi connectivity index (χ0v) is 19.7. The highest BCUT2D eigenvalue weighted by Gasteiger charge is 2.24. The topological polar surface area (TPSA) is 89.5 Å². The highest BCUT2D eigenvalue weighted by molar-refractivity contribution is 5.92. The fraction of sp³-hybridized carbons (Fsp3) is 0.440. The molecule has 0 unspecified atom stereocenters. The monoisotopic (exact) mass is 460 g/mol. The predicted molar refractivity (Wildman–Crippen MR) is 134 cm³/mol. The molecule has 2 amide bonds. The molecule has 2 aliphatic rings. The van der Waals surface area contributed by atoms with E-state index in [-0.39, 0.29) is 12.1 Å². The number of rotatable bonds is 5. The van der Waals surface area contributed by atoms with Gasteiger partial charge in [0.25, 0.3) is 0 Å². The molecule has 9 heteroatoms. The first-order valence-corrected chi connectivity index (χ1v) is 12.2. The number of carbonyl (C=O) groups excluding carboxylic acids is 1.